The first kappa shape index (κ1) is 41.6. The summed E-state index contributed by atoms with van der Waals surface area (Å²) < 4.78 is 17.3. The summed E-state index contributed by atoms with van der Waals surface area (Å²) in [5.41, 5.74) is 3.95. The Bertz CT molecular complexity index is 1570. The molecule has 0 radical (unpaired) electrons. The van der Waals surface area contributed by atoms with Crippen LogP contribution in [0.3, 0.4) is 0 Å². The second kappa shape index (κ2) is 18.1. The van der Waals surface area contributed by atoms with Crippen molar-refractivity contribution in [2.24, 2.45) is 4.99 Å². The Labute approximate surface area is 306 Å². The standard InChI is InChI=1S/C40H60N4O6Si/c1-12-20-44(21-13-23-49-51(10,11)40(5,6)7)37(46)33-26-32-19-18-31(27-34(32)41-35(28-33)42-38(47)50-39(2,3)4)30-16-14-29(15-17-30)25-36(45)48-24-22-43(8)9/h14-19,26-27H,12-13,20-25,28H2,1-11H3,(H,41,42,47). The van der Waals surface area contributed by atoms with E-state index < -0.39 is 20.0 Å². The average Bonchev–Trinajstić information content (AvgIpc) is 3.19. The van der Waals surface area contributed by atoms with Crippen molar-refractivity contribution in [2.75, 3.05) is 46.9 Å². The number of carbonyl (C=O) groups excluding carboxylic acids is 3. The third kappa shape index (κ3) is 13.4. The van der Waals surface area contributed by atoms with E-state index >= 15 is 0 Å². The normalized spacial score (nSPS) is 13.5. The number of alkyl carbamates (subject to hydrolysis) is 1. The van der Waals surface area contributed by atoms with Gasteiger partial charge >= 0.3 is 12.1 Å². The predicted octanol–water partition coefficient (Wildman–Crippen LogP) is 7.99. The number of ether oxygens (including phenoxy) is 2. The lowest BCUT2D eigenvalue weighted by Gasteiger charge is -2.36. The zero-order valence-electron chi connectivity index (χ0n) is 32.8. The van der Waals surface area contributed by atoms with E-state index in [1.165, 1.54) is 0 Å². The SMILES string of the molecule is CCCN(CCCO[Si](C)(C)C(C)(C)C)C(=O)C1=Cc2ccc(-c3ccc(CC(=O)OCCN(C)C)cc3)cc2N=C(NC(=O)OC(C)(C)C)C1. The van der Waals surface area contributed by atoms with Gasteiger partial charge in [0.1, 0.15) is 18.0 Å². The summed E-state index contributed by atoms with van der Waals surface area (Å²) in [6.45, 7) is 21.4. The third-order valence-electron chi connectivity index (χ3n) is 8.95. The van der Waals surface area contributed by atoms with Crippen molar-refractivity contribution in [3.05, 3.63) is 59.2 Å². The van der Waals surface area contributed by atoms with Crippen molar-refractivity contribution in [2.45, 2.75) is 97.9 Å². The van der Waals surface area contributed by atoms with E-state index in [0.29, 0.717) is 49.9 Å². The van der Waals surface area contributed by atoms with Crippen molar-refractivity contribution >= 4 is 43.9 Å². The maximum atomic E-state index is 14.1. The van der Waals surface area contributed by atoms with Gasteiger partial charge in [0.05, 0.1) is 12.1 Å². The molecule has 1 aliphatic rings. The first-order valence-corrected chi connectivity index (χ1v) is 20.9. The smallest absolute Gasteiger partial charge is 0.413 e. The molecule has 1 aliphatic heterocycles. The van der Waals surface area contributed by atoms with Gasteiger partial charge in [-0.3, -0.25) is 14.9 Å². The number of hydrogen-bond donors (Lipinski definition) is 1. The van der Waals surface area contributed by atoms with Crippen molar-refractivity contribution in [3.8, 4) is 11.1 Å². The van der Waals surface area contributed by atoms with Gasteiger partial charge in [-0.25, -0.2) is 9.79 Å². The third-order valence-corrected chi connectivity index (χ3v) is 13.5. The minimum Gasteiger partial charge on any atom is -0.464 e. The molecule has 0 spiro atoms. The van der Waals surface area contributed by atoms with Crippen LogP contribution >= 0.6 is 0 Å². The lowest BCUT2D eigenvalue weighted by atomic mass is 9.99. The molecule has 0 atom stereocenters. The Hall–Kier alpha value is -3.80. The summed E-state index contributed by atoms with van der Waals surface area (Å²) in [5.74, 6) is -0.0145. The van der Waals surface area contributed by atoms with Crippen molar-refractivity contribution in [1.29, 1.82) is 0 Å². The summed E-state index contributed by atoms with van der Waals surface area (Å²) in [7, 11) is 1.98. The molecule has 0 aliphatic carbocycles. The number of rotatable bonds is 14. The van der Waals surface area contributed by atoms with Crippen molar-refractivity contribution < 1.29 is 28.3 Å². The molecule has 2 aromatic rings. The molecular formula is C40H60N4O6Si. The number of nitrogens with zero attached hydrogens (tertiary/aromatic N) is 3. The van der Waals surface area contributed by atoms with E-state index in [4.69, 9.17) is 18.9 Å². The summed E-state index contributed by atoms with van der Waals surface area (Å²) in [6.07, 6.45) is 3.14. The van der Waals surface area contributed by atoms with Crippen LogP contribution in [-0.4, -0.2) is 94.5 Å². The Balaban J connectivity index is 1.87. The van der Waals surface area contributed by atoms with Gasteiger partial charge in [-0.1, -0.05) is 64.1 Å². The van der Waals surface area contributed by atoms with Crippen LogP contribution in [0.25, 0.3) is 17.2 Å². The molecule has 280 valence electrons. The van der Waals surface area contributed by atoms with E-state index in [1.807, 2.05) is 72.4 Å². The zero-order valence-corrected chi connectivity index (χ0v) is 33.8. The van der Waals surface area contributed by atoms with Crippen LogP contribution in [0.5, 0.6) is 0 Å². The number of nitrogens with one attached hydrogen (secondary N) is 1. The van der Waals surface area contributed by atoms with Crippen LogP contribution < -0.4 is 5.32 Å². The van der Waals surface area contributed by atoms with Crippen molar-refractivity contribution in [3.63, 3.8) is 0 Å². The monoisotopic (exact) mass is 720 g/mol. The Morgan fingerprint density at radius 1 is 0.902 bits per heavy atom. The fourth-order valence-corrected chi connectivity index (χ4v) is 6.23. The molecule has 3 rings (SSSR count). The number of amides is 2. The van der Waals surface area contributed by atoms with Gasteiger partial charge in [0.15, 0.2) is 8.32 Å². The number of hydrogen-bond acceptors (Lipinski definition) is 8. The number of aliphatic imine (C=N–C) groups is 1. The molecule has 2 amide bonds. The van der Waals surface area contributed by atoms with E-state index in [1.54, 1.807) is 20.8 Å². The van der Waals surface area contributed by atoms with Gasteiger partial charge in [0.25, 0.3) is 0 Å². The highest BCUT2D eigenvalue weighted by atomic mass is 28.4. The average molecular weight is 721 g/mol. The predicted molar refractivity (Wildman–Crippen MR) is 209 cm³/mol. The largest absolute Gasteiger partial charge is 0.464 e. The van der Waals surface area contributed by atoms with Gasteiger partial charge in [-0.2, -0.15) is 0 Å². The van der Waals surface area contributed by atoms with Crippen LogP contribution in [0.4, 0.5) is 10.5 Å². The molecule has 0 saturated heterocycles. The molecule has 1 heterocycles. The lowest BCUT2D eigenvalue weighted by molar-refractivity contribution is -0.143. The lowest BCUT2D eigenvalue weighted by Crippen LogP contribution is -2.42. The van der Waals surface area contributed by atoms with Crippen LogP contribution in [0.2, 0.25) is 18.1 Å². The molecule has 11 heteroatoms. The highest BCUT2D eigenvalue weighted by Gasteiger charge is 2.37. The Morgan fingerprint density at radius 2 is 1.57 bits per heavy atom. The fraction of sp³-hybridized carbons (Fsp3) is 0.550. The highest BCUT2D eigenvalue weighted by molar-refractivity contribution is 6.74. The molecule has 51 heavy (non-hydrogen) atoms. The molecule has 0 bridgehead atoms. The first-order chi connectivity index (χ1) is 23.8. The summed E-state index contributed by atoms with van der Waals surface area (Å²) in [5, 5.41) is 2.93. The van der Waals surface area contributed by atoms with E-state index in [0.717, 1.165) is 35.1 Å². The van der Waals surface area contributed by atoms with E-state index in [2.05, 4.69) is 46.1 Å². The molecule has 0 unspecified atom stereocenters. The summed E-state index contributed by atoms with van der Waals surface area (Å²) in [4.78, 5) is 48.0. The van der Waals surface area contributed by atoms with Gasteiger partial charge < -0.3 is 23.7 Å². The number of fused-ring (bicyclic) bond motifs is 1. The van der Waals surface area contributed by atoms with Gasteiger partial charge in [-0.05, 0) is 94.7 Å². The van der Waals surface area contributed by atoms with Crippen LogP contribution in [0.15, 0.2) is 53.0 Å². The van der Waals surface area contributed by atoms with Crippen LogP contribution in [0.1, 0.15) is 78.9 Å². The van der Waals surface area contributed by atoms with Gasteiger partial charge in [0.2, 0.25) is 5.91 Å². The summed E-state index contributed by atoms with van der Waals surface area (Å²) >= 11 is 0. The number of carbonyl (C=O) groups is 3. The highest BCUT2D eigenvalue weighted by Crippen LogP contribution is 2.37. The van der Waals surface area contributed by atoms with Crippen LogP contribution in [0, 0.1) is 0 Å². The molecule has 2 aromatic carbocycles. The van der Waals surface area contributed by atoms with E-state index in [9.17, 15) is 14.4 Å². The van der Waals surface area contributed by atoms with E-state index in [-0.39, 0.29) is 29.8 Å². The minimum absolute atomic E-state index is 0.0874. The van der Waals surface area contributed by atoms with Gasteiger partial charge in [-0.15, -0.1) is 0 Å². The maximum Gasteiger partial charge on any atom is 0.413 e. The second-order valence-corrected chi connectivity index (χ2v) is 20.8. The number of likely N-dealkylation sites (N-methyl/N-ethyl adjacent to an activating group) is 1. The Morgan fingerprint density at radius 3 is 2.18 bits per heavy atom. The first-order valence-electron chi connectivity index (χ1n) is 18.0. The number of esters is 1. The maximum absolute atomic E-state index is 14.1. The molecule has 0 saturated carbocycles. The molecule has 10 nitrogen and oxygen atoms in total. The second-order valence-electron chi connectivity index (χ2n) is 16.0. The zero-order chi connectivity index (χ0) is 38.0. The summed E-state index contributed by atoms with van der Waals surface area (Å²) in [6, 6.07) is 13.7. The molecule has 0 fully saturated rings. The quantitative estimate of drug-likeness (QED) is 0.120. The molecular weight excluding hydrogens is 661 g/mol. The fourth-order valence-electron chi connectivity index (χ4n) is 5.14. The topological polar surface area (TPSA) is 110 Å². The minimum atomic E-state index is -1.89. The number of amidine groups is 1. The Kier molecular flexibility index (Phi) is 14.8. The van der Waals surface area contributed by atoms with Crippen LogP contribution in [-0.2, 0) is 29.9 Å². The van der Waals surface area contributed by atoms with Crippen molar-refractivity contribution in [1.82, 2.24) is 15.1 Å². The number of benzene rings is 2. The molecule has 0 aromatic heterocycles. The van der Waals surface area contributed by atoms with Gasteiger partial charge in [0, 0.05) is 43.8 Å². The molecule has 1 N–H and O–H groups in total.